The van der Waals surface area contributed by atoms with Crippen molar-refractivity contribution in [3.8, 4) is 0 Å². The highest BCUT2D eigenvalue weighted by atomic mass is 16.5. The third-order valence-electron chi connectivity index (χ3n) is 3.88. The minimum atomic E-state index is -1.01. The van der Waals surface area contributed by atoms with Crippen LogP contribution in [0.15, 0.2) is 24.5 Å². The summed E-state index contributed by atoms with van der Waals surface area (Å²) in [4.78, 5) is 15.5. The van der Waals surface area contributed by atoms with Gasteiger partial charge in [-0.15, -0.1) is 0 Å². The van der Waals surface area contributed by atoms with Crippen molar-refractivity contribution < 1.29 is 14.6 Å². The van der Waals surface area contributed by atoms with Gasteiger partial charge >= 0.3 is 5.97 Å². The molecule has 1 aliphatic heterocycles. The van der Waals surface area contributed by atoms with Gasteiger partial charge in [0.05, 0.1) is 36.0 Å². The Balaban J connectivity index is 2.09. The summed E-state index contributed by atoms with van der Waals surface area (Å²) in [6.45, 7) is 0.664. The molecule has 0 amide bonds. The second-order valence-electron chi connectivity index (χ2n) is 5.02. The topological polar surface area (TPSA) is 90.4 Å². The quantitative estimate of drug-likeness (QED) is 0.826. The molecule has 1 unspecified atom stereocenters. The first-order chi connectivity index (χ1) is 9.04. The Kier molecular flexibility index (Phi) is 2.58. The summed E-state index contributed by atoms with van der Waals surface area (Å²) in [5.74, 6) is -1.01. The van der Waals surface area contributed by atoms with Crippen LogP contribution in [0.2, 0.25) is 0 Å². The average Bonchev–Trinajstić information content (AvgIpc) is 2.69. The molecule has 1 aliphatic rings. The molecule has 2 heterocycles. The van der Waals surface area contributed by atoms with Gasteiger partial charge in [0.1, 0.15) is 6.04 Å². The second-order valence-corrected chi connectivity index (χ2v) is 5.02. The molecule has 100 valence electrons. The number of aliphatic carboxylic acids is 1. The molecule has 0 saturated carbocycles. The van der Waals surface area contributed by atoms with Gasteiger partial charge in [-0.05, 0) is 17.7 Å². The first-order valence-electron chi connectivity index (χ1n) is 6.02. The lowest BCUT2D eigenvalue weighted by molar-refractivity contribution is -0.148. The van der Waals surface area contributed by atoms with Gasteiger partial charge in [-0.3, -0.25) is 4.79 Å². The number of nitrogens with two attached hydrogens (primary N) is 1. The number of rotatable bonds is 3. The molecule has 0 spiro atoms. The number of fused-ring (bicyclic) bond motifs is 1. The number of ether oxygens (including phenoxy) is 1. The fourth-order valence-electron chi connectivity index (χ4n) is 2.53. The van der Waals surface area contributed by atoms with E-state index in [4.69, 9.17) is 15.6 Å². The molecule has 0 radical (unpaired) electrons. The van der Waals surface area contributed by atoms with Crippen LogP contribution in [0.4, 0.5) is 0 Å². The van der Waals surface area contributed by atoms with Gasteiger partial charge in [-0.2, -0.15) is 0 Å². The number of nitrogens with zero attached hydrogens (tertiary/aromatic N) is 2. The maximum Gasteiger partial charge on any atom is 0.321 e. The predicted molar refractivity (Wildman–Crippen MR) is 68.8 cm³/mol. The summed E-state index contributed by atoms with van der Waals surface area (Å²) >= 11 is 0. The van der Waals surface area contributed by atoms with E-state index in [0.717, 1.165) is 16.6 Å². The zero-order valence-corrected chi connectivity index (χ0v) is 10.5. The van der Waals surface area contributed by atoms with E-state index in [1.165, 1.54) is 0 Å². The molecule has 6 heteroatoms. The second kappa shape index (κ2) is 4.04. The highest BCUT2D eigenvalue weighted by Gasteiger charge is 2.49. The van der Waals surface area contributed by atoms with E-state index in [0.29, 0.717) is 13.2 Å². The van der Waals surface area contributed by atoms with Crippen molar-refractivity contribution >= 4 is 17.0 Å². The number of imidazole rings is 1. The number of hydrogen-bond donors (Lipinski definition) is 2. The molecule has 2 aromatic rings. The molecule has 3 N–H and O–H groups in total. The van der Waals surface area contributed by atoms with Crippen LogP contribution in [0.25, 0.3) is 11.0 Å². The summed E-state index contributed by atoms with van der Waals surface area (Å²) in [5, 5.41) is 9.16. The van der Waals surface area contributed by atoms with Crippen LogP contribution in [-0.4, -0.2) is 39.9 Å². The number of hydrogen-bond acceptors (Lipinski definition) is 4. The molecular weight excluding hydrogens is 246 g/mol. The van der Waals surface area contributed by atoms with E-state index in [-0.39, 0.29) is 0 Å². The Morgan fingerprint density at radius 1 is 1.58 bits per heavy atom. The Hall–Kier alpha value is -1.92. The van der Waals surface area contributed by atoms with Crippen molar-refractivity contribution in [1.29, 1.82) is 0 Å². The summed E-state index contributed by atoms with van der Waals surface area (Å²) in [5.41, 5.74) is 7.91. The number of carboxylic acid groups (broad SMARTS) is 1. The minimum Gasteiger partial charge on any atom is -0.480 e. The summed E-state index contributed by atoms with van der Waals surface area (Å²) in [6.07, 6.45) is 1.73. The van der Waals surface area contributed by atoms with Crippen molar-refractivity contribution in [2.75, 3.05) is 13.2 Å². The lowest BCUT2D eigenvalue weighted by atomic mass is 9.72. The Morgan fingerprint density at radius 3 is 2.89 bits per heavy atom. The van der Waals surface area contributed by atoms with Crippen LogP contribution in [0.1, 0.15) is 5.56 Å². The third kappa shape index (κ3) is 1.64. The number of aryl methyl sites for hydroxylation is 1. The molecule has 1 atom stereocenters. The monoisotopic (exact) mass is 261 g/mol. The number of carboxylic acids is 1. The van der Waals surface area contributed by atoms with Crippen molar-refractivity contribution in [1.82, 2.24) is 9.55 Å². The van der Waals surface area contributed by atoms with Crippen LogP contribution >= 0.6 is 0 Å². The highest BCUT2D eigenvalue weighted by Crippen LogP contribution is 2.36. The van der Waals surface area contributed by atoms with Crippen molar-refractivity contribution in [3.63, 3.8) is 0 Å². The number of aromatic nitrogens is 2. The highest BCUT2D eigenvalue weighted by molar-refractivity contribution is 5.79. The van der Waals surface area contributed by atoms with Crippen LogP contribution in [0.5, 0.6) is 0 Å². The van der Waals surface area contributed by atoms with E-state index in [2.05, 4.69) is 4.98 Å². The van der Waals surface area contributed by atoms with Crippen molar-refractivity contribution in [2.45, 2.75) is 11.5 Å². The van der Waals surface area contributed by atoms with Crippen LogP contribution in [0.3, 0.4) is 0 Å². The smallest absolute Gasteiger partial charge is 0.321 e. The SMILES string of the molecule is Cn1cnc2cc(C3(C(N)C(=O)O)COC3)ccc21. The van der Waals surface area contributed by atoms with E-state index >= 15 is 0 Å². The van der Waals surface area contributed by atoms with Crippen LogP contribution in [0, 0.1) is 0 Å². The maximum atomic E-state index is 11.2. The summed E-state index contributed by atoms with van der Waals surface area (Å²) in [7, 11) is 1.92. The first kappa shape index (κ1) is 12.1. The Labute approximate surface area is 109 Å². The average molecular weight is 261 g/mol. The zero-order chi connectivity index (χ0) is 13.6. The van der Waals surface area contributed by atoms with E-state index in [1.807, 2.05) is 29.8 Å². The molecule has 0 bridgehead atoms. The van der Waals surface area contributed by atoms with E-state index in [1.54, 1.807) is 6.33 Å². The summed E-state index contributed by atoms with van der Waals surface area (Å²) < 4.78 is 7.13. The number of benzene rings is 1. The molecule has 3 rings (SSSR count). The molecule has 0 aliphatic carbocycles. The molecular formula is C13H15N3O3. The fourth-order valence-corrected chi connectivity index (χ4v) is 2.53. The molecule has 1 aromatic heterocycles. The molecule has 1 aromatic carbocycles. The van der Waals surface area contributed by atoms with Crippen molar-refractivity contribution in [2.24, 2.45) is 12.8 Å². The Bertz CT molecular complexity index is 646. The van der Waals surface area contributed by atoms with Gasteiger partial charge < -0.3 is 20.1 Å². The van der Waals surface area contributed by atoms with Gasteiger partial charge in [-0.25, -0.2) is 4.98 Å². The molecule has 6 nitrogen and oxygen atoms in total. The standard InChI is InChI=1S/C13H15N3O3/c1-16-7-15-9-4-8(2-3-10(9)16)13(5-19-6-13)11(14)12(17)18/h2-4,7,11H,5-6,14H2,1H3,(H,17,18). The van der Waals surface area contributed by atoms with Gasteiger partial charge in [-0.1, -0.05) is 6.07 Å². The van der Waals surface area contributed by atoms with Crippen LogP contribution in [-0.2, 0) is 22.0 Å². The normalized spacial score (nSPS) is 19.1. The largest absolute Gasteiger partial charge is 0.480 e. The van der Waals surface area contributed by atoms with Gasteiger partial charge in [0.2, 0.25) is 0 Å². The Morgan fingerprint density at radius 2 is 2.32 bits per heavy atom. The molecule has 1 saturated heterocycles. The van der Waals surface area contributed by atoms with E-state index in [9.17, 15) is 4.79 Å². The molecule has 1 fully saturated rings. The van der Waals surface area contributed by atoms with Gasteiger partial charge in [0, 0.05) is 7.05 Å². The molecule has 19 heavy (non-hydrogen) atoms. The van der Waals surface area contributed by atoms with Gasteiger partial charge in [0.25, 0.3) is 0 Å². The van der Waals surface area contributed by atoms with Gasteiger partial charge in [0.15, 0.2) is 0 Å². The first-order valence-corrected chi connectivity index (χ1v) is 6.02. The maximum absolute atomic E-state index is 11.2. The lowest BCUT2D eigenvalue weighted by Gasteiger charge is -2.44. The minimum absolute atomic E-state index is 0.332. The third-order valence-corrected chi connectivity index (χ3v) is 3.88. The lowest BCUT2D eigenvalue weighted by Crippen LogP contribution is -2.61. The fraction of sp³-hybridized carbons (Fsp3) is 0.385. The van der Waals surface area contributed by atoms with E-state index < -0.39 is 17.4 Å². The number of carbonyl (C=O) groups is 1. The predicted octanol–water partition coefficient (Wildman–Crippen LogP) is 0.253. The van der Waals surface area contributed by atoms with Crippen LogP contribution < -0.4 is 5.73 Å². The zero-order valence-electron chi connectivity index (χ0n) is 10.5. The van der Waals surface area contributed by atoms with Crippen molar-refractivity contribution in [3.05, 3.63) is 30.1 Å². The summed E-state index contributed by atoms with van der Waals surface area (Å²) in [6, 6.07) is 4.78.